The summed E-state index contributed by atoms with van der Waals surface area (Å²) >= 11 is 5.88. The van der Waals surface area contributed by atoms with Gasteiger partial charge in [0.2, 0.25) is 5.78 Å². The fourth-order valence-electron chi connectivity index (χ4n) is 3.00. The molecule has 1 aromatic heterocycles. The minimum atomic E-state index is -0.566. The molecule has 4 nitrogen and oxygen atoms in total. The smallest absolute Gasteiger partial charge is 0.338 e. The molecule has 5 heteroatoms. The molecular formula is C22H20ClNO3. The van der Waals surface area contributed by atoms with Gasteiger partial charge in [-0.3, -0.25) is 4.79 Å². The molecular weight excluding hydrogens is 362 g/mol. The first-order chi connectivity index (χ1) is 13.0. The average Bonchev–Trinajstić information content (AvgIpc) is 2.95. The van der Waals surface area contributed by atoms with Gasteiger partial charge >= 0.3 is 5.97 Å². The molecule has 138 valence electrons. The normalized spacial score (nSPS) is 10.6. The molecule has 0 aliphatic rings. The number of carbonyl (C=O) groups excluding carboxylic acids is 2. The van der Waals surface area contributed by atoms with Gasteiger partial charge in [-0.05, 0) is 43.7 Å². The molecule has 1 heterocycles. The van der Waals surface area contributed by atoms with Crippen molar-refractivity contribution in [1.29, 1.82) is 0 Å². The third-order valence-electron chi connectivity index (χ3n) is 4.45. The highest BCUT2D eigenvalue weighted by Gasteiger charge is 2.18. The van der Waals surface area contributed by atoms with Crippen LogP contribution in [0.25, 0.3) is 0 Å². The maximum Gasteiger partial charge on any atom is 0.338 e. The van der Waals surface area contributed by atoms with Crippen LogP contribution in [0.5, 0.6) is 0 Å². The number of hydrogen-bond acceptors (Lipinski definition) is 3. The number of ketones is 1. The predicted octanol–water partition coefficient (Wildman–Crippen LogP) is 4.85. The quantitative estimate of drug-likeness (QED) is 0.453. The number of benzene rings is 2. The molecule has 0 N–H and O–H groups in total. The van der Waals surface area contributed by atoms with Gasteiger partial charge in [0.1, 0.15) is 0 Å². The van der Waals surface area contributed by atoms with Crippen molar-refractivity contribution in [2.75, 3.05) is 6.61 Å². The van der Waals surface area contributed by atoms with E-state index in [9.17, 15) is 9.59 Å². The van der Waals surface area contributed by atoms with Gasteiger partial charge in [0.05, 0.1) is 5.56 Å². The Bertz CT molecular complexity index is 976. The average molecular weight is 382 g/mol. The van der Waals surface area contributed by atoms with E-state index in [-0.39, 0.29) is 12.4 Å². The van der Waals surface area contributed by atoms with Gasteiger partial charge in [-0.2, -0.15) is 0 Å². The van der Waals surface area contributed by atoms with Crippen molar-refractivity contribution in [1.82, 2.24) is 4.57 Å². The monoisotopic (exact) mass is 381 g/mol. The van der Waals surface area contributed by atoms with Gasteiger partial charge in [-0.15, -0.1) is 0 Å². The summed E-state index contributed by atoms with van der Waals surface area (Å²) in [6.07, 6.45) is 0. The second-order valence-corrected chi connectivity index (χ2v) is 6.80. The number of esters is 1. The molecule has 0 spiro atoms. The van der Waals surface area contributed by atoms with Crippen LogP contribution in [0.4, 0.5) is 0 Å². The van der Waals surface area contributed by atoms with Crippen molar-refractivity contribution in [3.63, 3.8) is 0 Å². The zero-order valence-electron chi connectivity index (χ0n) is 15.2. The van der Waals surface area contributed by atoms with Crippen LogP contribution in [0.15, 0.2) is 60.7 Å². The van der Waals surface area contributed by atoms with Crippen molar-refractivity contribution in [2.45, 2.75) is 20.4 Å². The van der Waals surface area contributed by atoms with Crippen molar-refractivity contribution in [3.8, 4) is 0 Å². The summed E-state index contributed by atoms with van der Waals surface area (Å²) in [7, 11) is 0. The number of Topliss-reactive ketones (excluding diaryl/α,β-unsaturated/α-hetero) is 1. The van der Waals surface area contributed by atoms with Crippen LogP contribution in [-0.4, -0.2) is 22.9 Å². The lowest BCUT2D eigenvalue weighted by atomic mass is 10.1. The lowest BCUT2D eigenvalue weighted by molar-refractivity contribution is 0.0474. The molecule has 0 atom stereocenters. The van der Waals surface area contributed by atoms with Crippen LogP contribution >= 0.6 is 11.6 Å². The summed E-state index contributed by atoms with van der Waals surface area (Å²) in [6.45, 7) is 4.25. The highest BCUT2D eigenvalue weighted by Crippen LogP contribution is 2.18. The second-order valence-electron chi connectivity index (χ2n) is 6.37. The predicted molar refractivity (Wildman–Crippen MR) is 106 cm³/mol. The van der Waals surface area contributed by atoms with E-state index >= 15 is 0 Å². The Morgan fingerprint density at radius 1 is 1.00 bits per heavy atom. The molecule has 27 heavy (non-hydrogen) atoms. The molecule has 3 rings (SSSR count). The largest absolute Gasteiger partial charge is 0.454 e. The topological polar surface area (TPSA) is 48.3 Å². The highest BCUT2D eigenvalue weighted by atomic mass is 35.5. The second kappa shape index (κ2) is 8.23. The van der Waals surface area contributed by atoms with Crippen molar-refractivity contribution in [3.05, 3.63) is 93.8 Å². The van der Waals surface area contributed by atoms with E-state index in [1.165, 1.54) is 6.07 Å². The molecule has 3 aromatic rings. The molecule has 0 aliphatic carbocycles. The maximum absolute atomic E-state index is 12.6. The Kier molecular flexibility index (Phi) is 5.77. The van der Waals surface area contributed by atoms with Crippen molar-refractivity contribution in [2.24, 2.45) is 0 Å². The summed E-state index contributed by atoms with van der Waals surface area (Å²) in [5, 5.41) is 0.445. The molecule has 0 bridgehead atoms. The van der Waals surface area contributed by atoms with E-state index in [4.69, 9.17) is 16.3 Å². The Hall–Kier alpha value is -2.85. The Morgan fingerprint density at radius 2 is 1.74 bits per heavy atom. The van der Waals surface area contributed by atoms with E-state index in [0.717, 1.165) is 17.0 Å². The molecule has 0 aliphatic heterocycles. The highest BCUT2D eigenvalue weighted by molar-refractivity contribution is 6.30. The van der Waals surface area contributed by atoms with Crippen LogP contribution in [-0.2, 0) is 11.3 Å². The van der Waals surface area contributed by atoms with Crippen LogP contribution in [0.1, 0.15) is 37.7 Å². The van der Waals surface area contributed by atoms with Crippen LogP contribution < -0.4 is 0 Å². The summed E-state index contributed by atoms with van der Waals surface area (Å²) < 4.78 is 7.25. The molecule has 2 aromatic carbocycles. The van der Waals surface area contributed by atoms with Gasteiger partial charge in [0.25, 0.3) is 0 Å². The van der Waals surface area contributed by atoms with E-state index in [0.29, 0.717) is 22.7 Å². The van der Waals surface area contributed by atoms with Crippen molar-refractivity contribution < 1.29 is 14.3 Å². The minimum Gasteiger partial charge on any atom is -0.454 e. The van der Waals surface area contributed by atoms with E-state index in [2.05, 4.69) is 4.57 Å². The zero-order valence-corrected chi connectivity index (χ0v) is 16.0. The number of nitrogens with zero attached hydrogens (tertiary/aromatic N) is 1. The van der Waals surface area contributed by atoms with E-state index < -0.39 is 5.97 Å². The molecule has 0 amide bonds. The fraction of sp³-hybridized carbons (Fsp3) is 0.182. The zero-order chi connectivity index (χ0) is 19.4. The van der Waals surface area contributed by atoms with Gasteiger partial charge in [-0.1, -0.05) is 48.0 Å². The van der Waals surface area contributed by atoms with Crippen LogP contribution in [0.3, 0.4) is 0 Å². The lowest BCUT2D eigenvalue weighted by Crippen LogP contribution is -2.15. The fourth-order valence-corrected chi connectivity index (χ4v) is 3.19. The summed E-state index contributed by atoms with van der Waals surface area (Å²) in [6, 6.07) is 18.3. The lowest BCUT2D eigenvalue weighted by Gasteiger charge is -2.10. The summed E-state index contributed by atoms with van der Waals surface area (Å²) in [5.74, 6) is -0.790. The number of ether oxygens (including phenoxy) is 1. The van der Waals surface area contributed by atoms with Gasteiger partial charge < -0.3 is 9.30 Å². The van der Waals surface area contributed by atoms with Gasteiger partial charge in [0.15, 0.2) is 6.61 Å². The van der Waals surface area contributed by atoms with Crippen LogP contribution in [0, 0.1) is 13.8 Å². The van der Waals surface area contributed by atoms with Gasteiger partial charge in [-0.25, -0.2) is 4.79 Å². The first-order valence-corrected chi connectivity index (χ1v) is 9.00. The summed E-state index contributed by atoms with van der Waals surface area (Å²) in [5.41, 5.74) is 3.90. The maximum atomic E-state index is 12.6. The van der Waals surface area contributed by atoms with E-state index in [1.807, 2.05) is 50.2 Å². The number of aryl methyl sites for hydroxylation is 1. The third kappa shape index (κ3) is 4.47. The molecule has 0 saturated carbocycles. The first kappa shape index (κ1) is 18.9. The van der Waals surface area contributed by atoms with E-state index in [1.54, 1.807) is 18.2 Å². The Morgan fingerprint density at radius 3 is 2.44 bits per heavy atom. The minimum absolute atomic E-state index is 0.224. The third-order valence-corrected chi connectivity index (χ3v) is 4.69. The SMILES string of the molecule is Cc1cc(C(=O)COC(=O)c2cccc(Cl)c2)c(C)n1Cc1ccccc1. The molecule has 0 unspecified atom stereocenters. The number of halogens is 1. The molecule has 0 radical (unpaired) electrons. The Balaban J connectivity index is 1.70. The number of carbonyl (C=O) groups is 2. The molecule has 0 saturated heterocycles. The Labute approximate surface area is 163 Å². The first-order valence-electron chi connectivity index (χ1n) is 8.62. The number of aromatic nitrogens is 1. The molecule has 0 fully saturated rings. The number of rotatable bonds is 6. The summed E-state index contributed by atoms with van der Waals surface area (Å²) in [4.78, 5) is 24.7. The van der Waals surface area contributed by atoms with Crippen LogP contribution in [0.2, 0.25) is 5.02 Å². The number of hydrogen-bond donors (Lipinski definition) is 0. The van der Waals surface area contributed by atoms with Crippen molar-refractivity contribution >= 4 is 23.4 Å². The standard InChI is InChI=1S/C22H20ClNO3/c1-15-11-20(16(2)24(15)13-17-7-4-3-5-8-17)21(25)14-27-22(26)18-9-6-10-19(23)12-18/h3-12H,13-14H2,1-2H3. The van der Waals surface area contributed by atoms with Gasteiger partial charge in [0, 0.05) is 28.5 Å².